The van der Waals surface area contributed by atoms with Crippen LogP contribution in [0.1, 0.15) is 10.5 Å². The van der Waals surface area contributed by atoms with Crippen LogP contribution in [0.3, 0.4) is 0 Å². The van der Waals surface area contributed by atoms with Crippen LogP contribution < -0.4 is 5.32 Å². The summed E-state index contributed by atoms with van der Waals surface area (Å²) in [6.45, 7) is 0. The summed E-state index contributed by atoms with van der Waals surface area (Å²) in [5.41, 5.74) is 1.05. The van der Waals surface area contributed by atoms with Crippen molar-refractivity contribution in [1.29, 1.82) is 0 Å². The van der Waals surface area contributed by atoms with E-state index in [1.165, 1.54) is 7.11 Å². The van der Waals surface area contributed by atoms with Crippen molar-refractivity contribution in [2.45, 2.75) is 0 Å². The molecule has 0 aromatic carbocycles. The third kappa shape index (κ3) is 1.41. The molecule has 1 N–H and O–H groups in total. The van der Waals surface area contributed by atoms with Gasteiger partial charge >= 0.3 is 5.97 Å². The lowest BCUT2D eigenvalue weighted by molar-refractivity contribution is 0.0597. The van der Waals surface area contributed by atoms with Crippen molar-refractivity contribution in [3.8, 4) is 0 Å². The zero-order valence-corrected chi connectivity index (χ0v) is 8.52. The Morgan fingerprint density at radius 1 is 1.53 bits per heavy atom. The first-order valence-corrected chi connectivity index (χ1v) is 4.51. The minimum Gasteiger partial charge on any atom is -0.464 e. The van der Waals surface area contributed by atoms with Gasteiger partial charge in [-0.1, -0.05) is 6.07 Å². The van der Waals surface area contributed by atoms with Gasteiger partial charge in [-0.2, -0.15) is 0 Å². The molecule has 0 saturated heterocycles. The Hall–Kier alpha value is -2.04. The van der Waals surface area contributed by atoms with Crippen LogP contribution in [0.2, 0.25) is 0 Å². The van der Waals surface area contributed by atoms with Crippen molar-refractivity contribution in [2.24, 2.45) is 0 Å². The van der Waals surface area contributed by atoms with E-state index in [1.807, 2.05) is 24.4 Å². The van der Waals surface area contributed by atoms with Gasteiger partial charge in [0, 0.05) is 13.2 Å². The van der Waals surface area contributed by atoms with Crippen molar-refractivity contribution in [2.75, 3.05) is 19.5 Å². The fourth-order valence-corrected chi connectivity index (χ4v) is 1.46. The van der Waals surface area contributed by atoms with Crippen LogP contribution in [0.15, 0.2) is 24.4 Å². The smallest absolute Gasteiger partial charge is 0.359 e. The van der Waals surface area contributed by atoms with Gasteiger partial charge in [0.1, 0.15) is 0 Å². The largest absolute Gasteiger partial charge is 0.464 e. The molecule has 2 rings (SSSR count). The molecule has 15 heavy (non-hydrogen) atoms. The van der Waals surface area contributed by atoms with Crippen molar-refractivity contribution >= 4 is 17.4 Å². The lowest BCUT2D eigenvalue weighted by Gasteiger charge is -1.97. The van der Waals surface area contributed by atoms with Gasteiger partial charge in [-0.25, -0.2) is 9.78 Å². The molecule has 0 radical (unpaired) electrons. The second kappa shape index (κ2) is 3.61. The number of hydrogen-bond acceptors (Lipinski definition) is 4. The van der Waals surface area contributed by atoms with Crippen molar-refractivity contribution < 1.29 is 9.53 Å². The molecule has 78 valence electrons. The molecule has 0 fully saturated rings. The highest BCUT2D eigenvalue weighted by Crippen LogP contribution is 2.16. The monoisotopic (exact) mass is 205 g/mol. The summed E-state index contributed by atoms with van der Waals surface area (Å²) >= 11 is 0. The number of rotatable bonds is 2. The first kappa shape index (κ1) is 9.51. The van der Waals surface area contributed by atoms with E-state index < -0.39 is 5.97 Å². The van der Waals surface area contributed by atoms with Gasteiger partial charge in [0.15, 0.2) is 5.69 Å². The fourth-order valence-electron chi connectivity index (χ4n) is 1.46. The molecule has 2 heterocycles. The van der Waals surface area contributed by atoms with Gasteiger partial charge in [-0.15, -0.1) is 0 Å². The molecular formula is C10H11N3O2. The highest BCUT2D eigenvalue weighted by Gasteiger charge is 2.16. The number of ether oxygens (including phenoxy) is 1. The summed E-state index contributed by atoms with van der Waals surface area (Å²) in [6.07, 6.45) is 1.83. The number of esters is 1. The molecule has 0 aliphatic heterocycles. The standard InChI is InChI=1S/C10H11N3O2/c1-11-10-12-8(9(14)15-2)7-5-3-4-6-13(7)10/h3-6H,1-2H3,(H,11,12). The van der Waals surface area contributed by atoms with Gasteiger partial charge in [-0.3, -0.25) is 4.40 Å². The second-order valence-corrected chi connectivity index (χ2v) is 2.98. The molecule has 0 amide bonds. The predicted molar refractivity (Wildman–Crippen MR) is 56.1 cm³/mol. The normalized spacial score (nSPS) is 10.3. The van der Waals surface area contributed by atoms with Crippen LogP contribution in [-0.4, -0.2) is 29.5 Å². The third-order valence-corrected chi connectivity index (χ3v) is 2.15. The van der Waals surface area contributed by atoms with E-state index in [9.17, 15) is 4.79 Å². The Bertz CT molecular complexity index is 504. The summed E-state index contributed by atoms with van der Waals surface area (Å²) < 4.78 is 6.46. The van der Waals surface area contributed by atoms with Gasteiger partial charge in [-0.05, 0) is 12.1 Å². The van der Waals surface area contributed by atoms with Crippen molar-refractivity contribution in [1.82, 2.24) is 9.38 Å². The summed E-state index contributed by atoms with van der Waals surface area (Å²) in [5.74, 6) is 0.186. The van der Waals surface area contributed by atoms with Gasteiger partial charge in [0.05, 0.1) is 12.6 Å². The molecule has 0 atom stereocenters. The molecule has 0 aliphatic rings. The Balaban J connectivity index is 2.70. The number of hydrogen-bond donors (Lipinski definition) is 1. The highest BCUT2D eigenvalue weighted by molar-refractivity contribution is 5.95. The number of imidazole rings is 1. The highest BCUT2D eigenvalue weighted by atomic mass is 16.5. The molecule has 5 nitrogen and oxygen atoms in total. The maximum absolute atomic E-state index is 11.4. The van der Waals surface area contributed by atoms with Gasteiger partial charge in [0.25, 0.3) is 0 Å². The molecule has 2 aromatic rings. The van der Waals surface area contributed by atoms with Crippen molar-refractivity contribution in [3.63, 3.8) is 0 Å². The average molecular weight is 205 g/mol. The molecule has 0 unspecified atom stereocenters. The number of anilines is 1. The maximum atomic E-state index is 11.4. The minimum absolute atomic E-state index is 0.322. The van der Waals surface area contributed by atoms with Crippen LogP contribution >= 0.6 is 0 Å². The average Bonchev–Trinajstić information content (AvgIpc) is 2.67. The van der Waals surface area contributed by atoms with Crippen LogP contribution in [0.4, 0.5) is 5.95 Å². The lowest BCUT2D eigenvalue weighted by atomic mass is 10.3. The molecule has 0 spiro atoms. The SMILES string of the molecule is CNc1nc(C(=O)OC)c2ccccn12. The Kier molecular flexibility index (Phi) is 2.29. The quantitative estimate of drug-likeness (QED) is 0.747. The van der Waals surface area contributed by atoms with Crippen LogP contribution in [0.5, 0.6) is 0 Å². The minimum atomic E-state index is -0.430. The summed E-state index contributed by atoms with van der Waals surface area (Å²) in [5, 5.41) is 2.91. The summed E-state index contributed by atoms with van der Waals surface area (Å²) in [6, 6.07) is 5.54. The third-order valence-electron chi connectivity index (χ3n) is 2.15. The second-order valence-electron chi connectivity index (χ2n) is 2.98. The Labute approximate surface area is 86.7 Å². The molecule has 2 aromatic heterocycles. The topological polar surface area (TPSA) is 55.6 Å². The Morgan fingerprint density at radius 3 is 3.00 bits per heavy atom. The molecule has 0 saturated carbocycles. The van der Waals surface area contributed by atoms with E-state index in [0.717, 1.165) is 5.52 Å². The molecule has 0 bridgehead atoms. The van der Waals surface area contributed by atoms with E-state index in [0.29, 0.717) is 11.6 Å². The van der Waals surface area contributed by atoms with E-state index >= 15 is 0 Å². The van der Waals surface area contributed by atoms with Gasteiger partial charge in [0.2, 0.25) is 5.95 Å². The molecule has 5 heteroatoms. The summed E-state index contributed by atoms with van der Waals surface area (Å²) in [7, 11) is 3.10. The molecule has 0 aliphatic carbocycles. The number of nitrogens with one attached hydrogen (secondary N) is 1. The zero-order valence-electron chi connectivity index (χ0n) is 8.52. The van der Waals surface area contributed by atoms with E-state index in [4.69, 9.17) is 0 Å². The van der Waals surface area contributed by atoms with Crippen LogP contribution in [0.25, 0.3) is 5.52 Å². The first-order chi connectivity index (χ1) is 7.27. The van der Waals surface area contributed by atoms with E-state index in [1.54, 1.807) is 11.4 Å². The number of carbonyl (C=O) groups is 1. The fraction of sp³-hybridized carbons (Fsp3) is 0.200. The van der Waals surface area contributed by atoms with E-state index in [2.05, 4.69) is 15.0 Å². The maximum Gasteiger partial charge on any atom is 0.359 e. The number of aromatic nitrogens is 2. The van der Waals surface area contributed by atoms with Gasteiger partial charge < -0.3 is 10.1 Å². The van der Waals surface area contributed by atoms with Crippen LogP contribution in [-0.2, 0) is 4.74 Å². The number of carbonyl (C=O) groups excluding carboxylic acids is 1. The molecular weight excluding hydrogens is 194 g/mol. The first-order valence-electron chi connectivity index (χ1n) is 4.51. The number of nitrogens with zero attached hydrogens (tertiary/aromatic N) is 2. The number of methoxy groups -OCH3 is 1. The van der Waals surface area contributed by atoms with Crippen LogP contribution in [0, 0.1) is 0 Å². The number of fused-ring (bicyclic) bond motifs is 1. The Morgan fingerprint density at radius 2 is 2.33 bits per heavy atom. The summed E-state index contributed by atoms with van der Waals surface area (Å²) in [4.78, 5) is 15.6. The number of pyridine rings is 1. The van der Waals surface area contributed by atoms with Crippen molar-refractivity contribution in [3.05, 3.63) is 30.1 Å². The predicted octanol–water partition coefficient (Wildman–Crippen LogP) is 1.16. The lowest BCUT2D eigenvalue weighted by Crippen LogP contribution is -2.02. The van der Waals surface area contributed by atoms with E-state index in [-0.39, 0.29) is 0 Å². The zero-order chi connectivity index (χ0) is 10.8.